The van der Waals surface area contributed by atoms with E-state index in [2.05, 4.69) is 46.2 Å². The molecule has 1 aromatic carbocycles. The van der Waals surface area contributed by atoms with Gasteiger partial charge >= 0.3 is 0 Å². The number of nitrogens with one attached hydrogen (secondary N) is 1. The second-order valence-corrected chi connectivity index (χ2v) is 9.02. The Balaban J connectivity index is 1.57. The summed E-state index contributed by atoms with van der Waals surface area (Å²) in [6.07, 6.45) is 0.853. The lowest BCUT2D eigenvalue weighted by molar-refractivity contribution is -0.384. The third kappa shape index (κ3) is 3.97. The number of non-ortho nitro benzene ring substituents is 1. The summed E-state index contributed by atoms with van der Waals surface area (Å²) in [5, 5.41) is 13.6. The summed E-state index contributed by atoms with van der Waals surface area (Å²) in [6, 6.07) is 8.23. The van der Waals surface area contributed by atoms with E-state index in [0.29, 0.717) is 24.1 Å². The van der Waals surface area contributed by atoms with Gasteiger partial charge in [-0.05, 0) is 53.2 Å². The number of halogens is 1. The van der Waals surface area contributed by atoms with Gasteiger partial charge in [0.15, 0.2) is 0 Å². The highest BCUT2D eigenvalue weighted by atomic mass is 79.9. The number of nitrogens with zero attached hydrogens (tertiary/aromatic N) is 2. The van der Waals surface area contributed by atoms with E-state index >= 15 is 0 Å². The smallest absolute Gasteiger partial charge is 0.269 e. The standard InChI is InChI=1S/C18H20BrN3O3S/c1-11-15(21(2)10-13-9-16(19)26-17(11)13)7-8-20-18(23)12-3-5-14(6-4-12)22(24)25/h3-6,9,11,15H,7-8,10H2,1-2H3,(H,20,23). The summed E-state index contributed by atoms with van der Waals surface area (Å²) in [5.74, 6) is 0.210. The highest BCUT2D eigenvalue weighted by Gasteiger charge is 2.31. The monoisotopic (exact) mass is 437 g/mol. The predicted octanol–water partition coefficient (Wildman–Crippen LogP) is 4.16. The average Bonchev–Trinajstić information content (AvgIpc) is 2.98. The molecule has 1 amide bonds. The Morgan fingerprint density at radius 3 is 2.77 bits per heavy atom. The molecule has 0 saturated heterocycles. The highest BCUT2D eigenvalue weighted by Crippen LogP contribution is 2.40. The first kappa shape index (κ1) is 19.0. The van der Waals surface area contributed by atoms with E-state index in [0.717, 1.165) is 16.8 Å². The van der Waals surface area contributed by atoms with Crippen molar-refractivity contribution in [2.45, 2.75) is 31.8 Å². The maximum atomic E-state index is 12.2. The maximum absolute atomic E-state index is 12.2. The lowest BCUT2D eigenvalue weighted by Crippen LogP contribution is -2.41. The van der Waals surface area contributed by atoms with Gasteiger partial charge in [-0.25, -0.2) is 0 Å². The molecule has 0 saturated carbocycles. The Morgan fingerprint density at radius 1 is 1.42 bits per heavy atom. The second kappa shape index (κ2) is 7.85. The van der Waals surface area contributed by atoms with E-state index in [1.54, 1.807) is 11.3 Å². The van der Waals surface area contributed by atoms with Crippen LogP contribution in [0.25, 0.3) is 0 Å². The number of carbonyl (C=O) groups excluding carboxylic acids is 1. The van der Waals surface area contributed by atoms with Gasteiger partial charge in [0.25, 0.3) is 11.6 Å². The SMILES string of the molecule is CC1c2sc(Br)cc2CN(C)C1CCNC(=O)c1ccc([N+](=O)[O-])cc1. The van der Waals surface area contributed by atoms with Crippen molar-refractivity contribution in [2.75, 3.05) is 13.6 Å². The molecule has 0 aliphatic carbocycles. The number of rotatable bonds is 5. The molecule has 3 rings (SSSR count). The fraction of sp³-hybridized carbons (Fsp3) is 0.389. The Morgan fingerprint density at radius 2 is 2.12 bits per heavy atom. The van der Waals surface area contributed by atoms with Crippen LogP contribution in [-0.4, -0.2) is 35.4 Å². The minimum atomic E-state index is -0.473. The van der Waals surface area contributed by atoms with Gasteiger partial charge in [-0.1, -0.05) is 6.92 Å². The van der Waals surface area contributed by atoms with Crippen LogP contribution in [0.1, 0.15) is 40.1 Å². The molecule has 2 atom stereocenters. The molecule has 138 valence electrons. The Kier molecular flexibility index (Phi) is 5.74. The maximum Gasteiger partial charge on any atom is 0.269 e. The number of thiophene rings is 1. The Labute approximate surface area is 164 Å². The number of fused-ring (bicyclic) bond motifs is 1. The van der Waals surface area contributed by atoms with Crippen molar-refractivity contribution >= 4 is 38.9 Å². The van der Waals surface area contributed by atoms with Gasteiger partial charge in [0.05, 0.1) is 8.71 Å². The fourth-order valence-electron chi connectivity index (χ4n) is 3.50. The van der Waals surface area contributed by atoms with Gasteiger partial charge in [-0.15, -0.1) is 11.3 Å². The predicted molar refractivity (Wildman–Crippen MR) is 106 cm³/mol. The molecular weight excluding hydrogens is 418 g/mol. The normalized spacial score (nSPS) is 19.8. The number of amides is 1. The number of nitro groups is 1. The van der Waals surface area contributed by atoms with Gasteiger partial charge in [-0.2, -0.15) is 0 Å². The molecule has 2 unspecified atom stereocenters. The summed E-state index contributed by atoms with van der Waals surface area (Å²) in [4.78, 5) is 26.2. The molecule has 2 heterocycles. The highest BCUT2D eigenvalue weighted by molar-refractivity contribution is 9.11. The lowest BCUT2D eigenvalue weighted by atomic mass is 9.89. The van der Waals surface area contributed by atoms with Crippen LogP contribution in [0.4, 0.5) is 5.69 Å². The van der Waals surface area contributed by atoms with Crippen molar-refractivity contribution in [3.05, 3.63) is 60.2 Å². The Bertz CT molecular complexity index is 822. The third-order valence-corrected chi connectivity index (χ3v) is 6.74. The third-order valence-electron chi connectivity index (χ3n) is 4.85. The van der Waals surface area contributed by atoms with Gasteiger partial charge < -0.3 is 5.32 Å². The van der Waals surface area contributed by atoms with Crippen molar-refractivity contribution < 1.29 is 9.72 Å². The van der Waals surface area contributed by atoms with E-state index in [1.165, 1.54) is 34.7 Å². The number of hydrogen-bond donors (Lipinski definition) is 1. The number of benzene rings is 1. The zero-order valence-electron chi connectivity index (χ0n) is 14.6. The molecule has 0 radical (unpaired) electrons. The molecule has 0 fully saturated rings. The lowest BCUT2D eigenvalue weighted by Gasteiger charge is -2.37. The summed E-state index contributed by atoms with van der Waals surface area (Å²) < 4.78 is 1.16. The van der Waals surface area contributed by atoms with Crippen LogP contribution in [0.15, 0.2) is 34.1 Å². The molecule has 1 aliphatic heterocycles. The minimum Gasteiger partial charge on any atom is -0.352 e. The molecule has 8 heteroatoms. The van der Waals surface area contributed by atoms with E-state index in [9.17, 15) is 14.9 Å². The molecule has 1 N–H and O–H groups in total. The first-order valence-electron chi connectivity index (χ1n) is 8.38. The topological polar surface area (TPSA) is 75.5 Å². The first-order valence-corrected chi connectivity index (χ1v) is 9.98. The average molecular weight is 438 g/mol. The number of hydrogen-bond acceptors (Lipinski definition) is 5. The van der Waals surface area contributed by atoms with Crippen LogP contribution >= 0.6 is 27.3 Å². The van der Waals surface area contributed by atoms with Crippen LogP contribution in [0.5, 0.6) is 0 Å². The quantitative estimate of drug-likeness (QED) is 0.562. The molecule has 1 aliphatic rings. The van der Waals surface area contributed by atoms with Crippen LogP contribution < -0.4 is 5.32 Å². The summed E-state index contributed by atoms with van der Waals surface area (Å²) in [6.45, 7) is 3.72. The molecule has 6 nitrogen and oxygen atoms in total. The van der Waals surface area contributed by atoms with E-state index in [1.807, 2.05) is 0 Å². The molecule has 26 heavy (non-hydrogen) atoms. The molecule has 2 aromatic rings. The van der Waals surface area contributed by atoms with Gasteiger partial charge in [0.1, 0.15) is 0 Å². The van der Waals surface area contributed by atoms with Crippen LogP contribution in [0.2, 0.25) is 0 Å². The number of nitro benzene ring substituents is 1. The van der Waals surface area contributed by atoms with Crippen molar-refractivity contribution in [3.63, 3.8) is 0 Å². The fourth-order valence-corrected chi connectivity index (χ4v) is 5.31. The van der Waals surface area contributed by atoms with Gasteiger partial charge in [0, 0.05) is 47.6 Å². The summed E-state index contributed by atoms with van der Waals surface area (Å²) in [7, 11) is 2.12. The second-order valence-electron chi connectivity index (χ2n) is 6.56. The van der Waals surface area contributed by atoms with Crippen LogP contribution in [-0.2, 0) is 6.54 Å². The van der Waals surface area contributed by atoms with E-state index in [-0.39, 0.29) is 11.6 Å². The molecule has 0 spiro atoms. The zero-order valence-corrected chi connectivity index (χ0v) is 17.0. The van der Waals surface area contributed by atoms with E-state index < -0.39 is 4.92 Å². The van der Waals surface area contributed by atoms with Crippen LogP contribution in [0, 0.1) is 10.1 Å². The molecule has 1 aromatic heterocycles. The minimum absolute atomic E-state index is 0.0166. The number of likely N-dealkylation sites (N-methyl/N-ethyl adjacent to an activating group) is 1. The van der Waals surface area contributed by atoms with Crippen molar-refractivity contribution in [1.29, 1.82) is 0 Å². The van der Waals surface area contributed by atoms with Crippen molar-refractivity contribution in [3.8, 4) is 0 Å². The summed E-state index contributed by atoms with van der Waals surface area (Å²) in [5.41, 5.74) is 1.80. The molecular formula is C18H20BrN3O3S. The van der Waals surface area contributed by atoms with E-state index in [4.69, 9.17) is 0 Å². The van der Waals surface area contributed by atoms with Gasteiger partial charge in [-0.3, -0.25) is 19.8 Å². The van der Waals surface area contributed by atoms with Crippen molar-refractivity contribution in [1.82, 2.24) is 10.2 Å². The number of carbonyl (C=O) groups is 1. The van der Waals surface area contributed by atoms with Gasteiger partial charge in [0.2, 0.25) is 0 Å². The molecule has 0 bridgehead atoms. The van der Waals surface area contributed by atoms with Crippen LogP contribution in [0.3, 0.4) is 0 Å². The summed E-state index contributed by atoms with van der Waals surface area (Å²) >= 11 is 5.36. The zero-order chi connectivity index (χ0) is 18.8. The largest absolute Gasteiger partial charge is 0.352 e. The first-order chi connectivity index (χ1) is 12.4. The van der Waals surface area contributed by atoms with Crippen molar-refractivity contribution in [2.24, 2.45) is 0 Å². The Hall–Kier alpha value is -1.77.